The van der Waals surface area contributed by atoms with Gasteiger partial charge >= 0.3 is 0 Å². The van der Waals surface area contributed by atoms with E-state index in [1.165, 1.54) is 4.90 Å². The first-order valence-electron chi connectivity index (χ1n) is 5.98. The molecule has 2 rings (SSSR count). The van der Waals surface area contributed by atoms with Gasteiger partial charge in [0.15, 0.2) is 0 Å². The van der Waals surface area contributed by atoms with Gasteiger partial charge in [0, 0.05) is 12.1 Å². The summed E-state index contributed by atoms with van der Waals surface area (Å²) in [6, 6.07) is 3.61. The molecular weight excluding hydrogens is 228 g/mol. The summed E-state index contributed by atoms with van der Waals surface area (Å²) in [5, 5.41) is 0. The molecule has 18 heavy (non-hydrogen) atoms. The Labute approximate surface area is 107 Å². The van der Waals surface area contributed by atoms with E-state index >= 15 is 0 Å². The van der Waals surface area contributed by atoms with Crippen molar-refractivity contribution in [2.24, 2.45) is 5.41 Å². The van der Waals surface area contributed by atoms with Crippen LogP contribution in [0.5, 0.6) is 0 Å². The molecule has 0 aliphatic carbocycles. The van der Waals surface area contributed by atoms with E-state index in [1.807, 2.05) is 19.9 Å². The number of anilines is 2. The van der Waals surface area contributed by atoms with Gasteiger partial charge in [-0.2, -0.15) is 0 Å². The number of carbonyl (C=O) groups is 2. The first-order chi connectivity index (χ1) is 8.24. The molecule has 4 heteroatoms. The largest absolute Gasteiger partial charge is 0.398 e. The minimum absolute atomic E-state index is 0.154. The van der Waals surface area contributed by atoms with Crippen molar-refractivity contribution >= 4 is 23.2 Å². The van der Waals surface area contributed by atoms with Crippen LogP contribution in [-0.2, 0) is 9.59 Å². The van der Waals surface area contributed by atoms with Crippen molar-refractivity contribution < 1.29 is 9.59 Å². The van der Waals surface area contributed by atoms with Crippen molar-refractivity contribution in [3.63, 3.8) is 0 Å². The molecule has 0 aromatic heterocycles. The summed E-state index contributed by atoms with van der Waals surface area (Å²) in [6.45, 7) is 7.37. The lowest BCUT2D eigenvalue weighted by Crippen LogP contribution is -2.33. The Bertz CT molecular complexity index is 547. The highest BCUT2D eigenvalue weighted by Crippen LogP contribution is 2.37. The van der Waals surface area contributed by atoms with Crippen LogP contribution in [0.1, 0.15) is 31.4 Å². The molecule has 2 N–H and O–H groups in total. The van der Waals surface area contributed by atoms with E-state index in [9.17, 15) is 9.59 Å². The maximum Gasteiger partial charge on any atom is 0.239 e. The lowest BCUT2D eigenvalue weighted by atomic mass is 9.92. The molecule has 0 saturated carbocycles. The normalized spacial score (nSPS) is 18.6. The number of amides is 2. The maximum atomic E-state index is 12.3. The third kappa shape index (κ3) is 1.78. The van der Waals surface area contributed by atoms with Gasteiger partial charge in [0.2, 0.25) is 11.8 Å². The standard InChI is InChI=1S/C14H18N2O2/c1-8-5-9(2)11(6-10(8)15)16-12(17)7-14(3,4)13(16)18/h5-6H,7,15H2,1-4H3. The first kappa shape index (κ1) is 12.6. The first-order valence-corrected chi connectivity index (χ1v) is 5.98. The van der Waals surface area contributed by atoms with Crippen LogP contribution >= 0.6 is 0 Å². The zero-order valence-electron chi connectivity index (χ0n) is 11.2. The second-order valence-electron chi connectivity index (χ2n) is 5.59. The van der Waals surface area contributed by atoms with Gasteiger partial charge in [0.05, 0.1) is 11.1 Å². The maximum absolute atomic E-state index is 12.3. The lowest BCUT2D eigenvalue weighted by molar-refractivity contribution is -0.124. The van der Waals surface area contributed by atoms with Gasteiger partial charge in [-0.05, 0) is 31.0 Å². The lowest BCUT2D eigenvalue weighted by Gasteiger charge is -2.20. The third-order valence-electron chi connectivity index (χ3n) is 3.45. The summed E-state index contributed by atoms with van der Waals surface area (Å²) in [4.78, 5) is 25.5. The second kappa shape index (κ2) is 3.83. The SMILES string of the molecule is Cc1cc(C)c(N2C(=O)CC(C)(C)C2=O)cc1N. The van der Waals surface area contributed by atoms with Crippen molar-refractivity contribution in [3.8, 4) is 0 Å². The van der Waals surface area contributed by atoms with Gasteiger partial charge < -0.3 is 5.73 Å². The number of hydrogen-bond acceptors (Lipinski definition) is 3. The summed E-state index contributed by atoms with van der Waals surface area (Å²) in [5.74, 6) is -0.310. The van der Waals surface area contributed by atoms with E-state index < -0.39 is 5.41 Å². The van der Waals surface area contributed by atoms with Crippen LogP contribution < -0.4 is 10.6 Å². The summed E-state index contributed by atoms with van der Waals surface area (Å²) >= 11 is 0. The molecule has 1 aliphatic rings. The van der Waals surface area contributed by atoms with E-state index in [0.717, 1.165) is 11.1 Å². The molecule has 1 heterocycles. The van der Waals surface area contributed by atoms with Crippen molar-refractivity contribution in [1.29, 1.82) is 0 Å². The van der Waals surface area contributed by atoms with Gasteiger partial charge in [-0.15, -0.1) is 0 Å². The molecular formula is C14H18N2O2. The number of nitrogen functional groups attached to an aromatic ring is 1. The minimum atomic E-state index is -0.622. The smallest absolute Gasteiger partial charge is 0.239 e. The predicted molar refractivity (Wildman–Crippen MR) is 71.2 cm³/mol. The molecule has 0 spiro atoms. The molecule has 1 aromatic rings. The number of nitrogens with zero attached hydrogens (tertiary/aromatic N) is 1. The van der Waals surface area contributed by atoms with Gasteiger partial charge in [-0.1, -0.05) is 19.9 Å². The molecule has 1 saturated heterocycles. The minimum Gasteiger partial charge on any atom is -0.398 e. The fraction of sp³-hybridized carbons (Fsp3) is 0.429. The Morgan fingerprint density at radius 1 is 1.17 bits per heavy atom. The summed E-state index contributed by atoms with van der Waals surface area (Å²) < 4.78 is 0. The van der Waals surface area contributed by atoms with Crippen molar-refractivity contribution in [2.75, 3.05) is 10.6 Å². The summed E-state index contributed by atoms with van der Waals surface area (Å²) in [6.07, 6.45) is 0.249. The summed E-state index contributed by atoms with van der Waals surface area (Å²) in [7, 11) is 0. The Balaban J connectivity index is 2.53. The predicted octanol–water partition coefficient (Wildman–Crippen LogP) is 2.18. The number of rotatable bonds is 1. The van der Waals surface area contributed by atoms with Gasteiger partial charge in [0.25, 0.3) is 0 Å². The Morgan fingerprint density at radius 3 is 2.28 bits per heavy atom. The van der Waals surface area contributed by atoms with E-state index in [0.29, 0.717) is 11.4 Å². The van der Waals surface area contributed by atoms with Crippen molar-refractivity contribution in [1.82, 2.24) is 0 Å². The van der Waals surface area contributed by atoms with Gasteiger partial charge in [0.1, 0.15) is 0 Å². The summed E-state index contributed by atoms with van der Waals surface area (Å²) in [5.41, 5.74) is 8.30. The number of nitrogens with two attached hydrogens (primary N) is 1. The second-order valence-corrected chi connectivity index (χ2v) is 5.59. The number of imide groups is 1. The number of aryl methyl sites for hydroxylation is 2. The topological polar surface area (TPSA) is 63.4 Å². The van der Waals surface area contributed by atoms with E-state index in [4.69, 9.17) is 5.73 Å². The fourth-order valence-electron chi connectivity index (χ4n) is 2.29. The molecule has 2 amide bonds. The zero-order chi connectivity index (χ0) is 13.7. The van der Waals surface area contributed by atoms with Crippen LogP contribution in [0.15, 0.2) is 12.1 Å². The van der Waals surface area contributed by atoms with Crippen LogP contribution in [0.4, 0.5) is 11.4 Å². The van der Waals surface area contributed by atoms with Crippen LogP contribution in [0.25, 0.3) is 0 Å². The highest BCUT2D eigenvalue weighted by Gasteiger charge is 2.45. The van der Waals surface area contributed by atoms with E-state index in [2.05, 4.69) is 0 Å². The van der Waals surface area contributed by atoms with Crippen LogP contribution in [0.2, 0.25) is 0 Å². The molecule has 0 radical (unpaired) electrons. The molecule has 0 atom stereocenters. The Morgan fingerprint density at radius 2 is 1.78 bits per heavy atom. The van der Waals surface area contributed by atoms with E-state index in [1.54, 1.807) is 19.9 Å². The van der Waals surface area contributed by atoms with E-state index in [-0.39, 0.29) is 18.2 Å². The van der Waals surface area contributed by atoms with Crippen LogP contribution in [-0.4, -0.2) is 11.8 Å². The van der Waals surface area contributed by atoms with Gasteiger partial charge in [-0.3, -0.25) is 9.59 Å². The molecule has 4 nitrogen and oxygen atoms in total. The highest BCUT2D eigenvalue weighted by atomic mass is 16.2. The Kier molecular flexibility index (Phi) is 2.69. The van der Waals surface area contributed by atoms with Crippen LogP contribution in [0.3, 0.4) is 0 Å². The fourth-order valence-corrected chi connectivity index (χ4v) is 2.29. The number of benzene rings is 1. The van der Waals surface area contributed by atoms with Gasteiger partial charge in [-0.25, -0.2) is 4.90 Å². The molecule has 1 aliphatic heterocycles. The zero-order valence-corrected chi connectivity index (χ0v) is 11.2. The Hall–Kier alpha value is -1.84. The molecule has 0 unspecified atom stereocenters. The average Bonchev–Trinajstić information content (AvgIpc) is 2.43. The molecule has 96 valence electrons. The quantitative estimate of drug-likeness (QED) is 0.610. The molecule has 1 fully saturated rings. The van der Waals surface area contributed by atoms with Crippen molar-refractivity contribution in [3.05, 3.63) is 23.3 Å². The number of carbonyl (C=O) groups excluding carboxylic acids is 2. The van der Waals surface area contributed by atoms with Crippen LogP contribution in [0, 0.1) is 19.3 Å². The highest BCUT2D eigenvalue weighted by molar-refractivity contribution is 6.22. The number of hydrogen-bond donors (Lipinski definition) is 1. The third-order valence-corrected chi connectivity index (χ3v) is 3.45. The monoisotopic (exact) mass is 246 g/mol. The molecule has 0 bridgehead atoms. The molecule has 1 aromatic carbocycles. The average molecular weight is 246 g/mol. The van der Waals surface area contributed by atoms with Crippen molar-refractivity contribution in [2.45, 2.75) is 34.1 Å².